The molecule has 0 spiro atoms. The van der Waals surface area contributed by atoms with E-state index in [-0.39, 0.29) is 0 Å². The summed E-state index contributed by atoms with van der Waals surface area (Å²) >= 11 is 1.56. The number of aliphatic imine (C=N–C) groups is 1. The lowest BCUT2D eigenvalue weighted by Gasteiger charge is -2.32. The average Bonchev–Trinajstić information content (AvgIpc) is 2.53. The van der Waals surface area contributed by atoms with Crippen LogP contribution in [0.5, 0.6) is 0 Å². The summed E-state index contributed by atoms with van der Waals surface area (Å²) in [4.78, 5) is 4.75. The van der Waals surface area contributed by atoms with Gasteiger partial charge in [0.15, 0.2) is 5.17 Å². The van der Waals surface area contributed by atoms with Crippen molar-refractivity contribution in [3.63, 3.8) is 0 Å². The van der Waals surface area contributed by atoms with Gasteiger partial charge in [-0.25, -0.2) is 0 Å². The quantitative estimate of drug-likeness (QED) is 0.541. The van der Waals surface area contributed by atoms with Crippen LogP contribution in [0.4, 0.5) is 0 Å². The summed E-state index contributed by atoms with van der Waals surface area (Å²) in [5.41, 5.74) is 12.1. The van der Waals surface area contributed by atoms with Crippen molar-refractivity contribution in [1.82, 2.24) is 0 Å². The van der Waals surface area contributed by atoms with Crippen molar-refractivity contribution in [1.29, 1.82) is 0 Å². The van der Waals surface area contributed by atoms with Crippen molar-refractivity contribution in [2.24, 2.45) is 10.7 Å². The van der Waals surface area contributed by atoms with Crippen molar-refractivity contribution >= 4 is 16.9 Å². The molecule has 2 nitrogen and oxygen atoms in total. The number of hydrogen-bond acceptors (Lipinski definition) is 2. The highest BCUT2D eigenvalue weighted by Crippen LogP contribution is 2.42. The third-order valence-corrected chi connectivity index (χ3v) is 5.73. The van der Waals surface area contributed by atoms with Crippen LogP contribution in [0, 0.1) is 6.92 Å². The highest BCUT2D eigenvalue weighted by Gasteiger charge is 2.28. The average molecular weight is 347 g/mol. The fraction of sp³-hybridized carbons (Fsp3) is 0.667. The first-order chi connectivity index (χ1) is 11.3. The second-order valence-electron chi connectivity index (χ2n) is 7.86. The molecule has 0 amide bonds. The number of benzene rings is 1. The third-order valence-electron chi connectivity index (χ3n) is 5.21. The molecule has 1 aliphatic carbocycles. The SMILES string of the molecule is CSC(N)=NC1CCCC(c2c(C(C)C)cc(C)cc2C(C)C)C1. The molecule has 1 saturated carbocycles. The molecular weight excluding hydrogens is 312 g/mol. The summed E-state index contributed by atoms with van der Waals surface area (Å²) in [7, 11) is 0. The Bertz CT molecular complexity index is 560. The van der Waals surface area contributed by atoms with Crippen LogP contribution < -0.4 is 5.73 Å². The van der Waals surface area contributed by atoms with Crippen molar-refractivity contribution in [2.75, 3.05) is 6.26 Å². The third kappa shape index (κ3) is 4.56. The van der Waals surface area contributed by atoms with Crippen molar-refractivity contribution in [3.05, 3.63) is 34.4 Å². The Hall–Kier alpha value is -0.960. The number of nitrogens with two attached hydrogens (primary N) is 1. The van der Waals surface area contributed by atoms with E-state index in [0.29, 0.717) is 23.8 Å². The van der Waals surface area contributed by atoms with Gasteiger partial charge in [-0.1, -0.05) is 63.6 Å². The molecule has 134 valence electrons. The Morgan fingerprint density at radius 2 is 1.71 bits per heavy atom. The molecule has 1 fully saturated rings. The smallest absolute Gasteiger partial charge is 0.153 e. The predicted molar refractivity (Wildman–Crippen MR) is 109 cm³/mol. The van der Waals surface area contributed by atoms with Gasteiger partial charge in [0.05, 0.1) is 6.04 Å². The molecule has 0 radical (unpaired) electrons. The minimum atomic E-state index is 0.387. The second kappa shape index (κ2) is 8.42. The van der Waals surface area contributed by atoms with Crippen LogP contribution >= 0.6 is 11.8 Å². The molecule has 2 atom stereocenters. The normalized spacial score (nSPS) is 22.4. The molecule has 2 rings (SSSR count). The Balaban J connectivity index is 2.42. The number of thioether (sulfide) groups is 1. The molecule has 0 saturated heterocycles. The standard InChI is InChI=1S/C21H34N2S/c1-13(2)18-10-15(5)11-19(14(3)4)20(18)16-8-7-9-17(12-16)23-21(22)24-6/h10-11,13-14,16-17H,7-9,12H2,1-6H3,(H2,22,23). The van der Waals surface area contributed by atoms with Gasteiger partial charge in [0.25, 0.3) is 0 Å². The Morgan fingerprint density at radius 3 is 2.21 bits per heavy atom. The lowest BCUT2D eigenvalue weighted by molar-refractivity contribution is 0.391. The number of hydrogen-bond donors (Lipinski definition) is 1. The first kappa shape index (κ1) is 19.4. The highest BCUT2D eigenvalue weighted by molar-refractivity contribution is 8.13. The van der Waals surface area contributed by atoms with Gasteiger partial charge in [-0.3, -0.25) is 4.99 Å². The number of amidine groups is 1. The Kier molecular flexibility index (Phi) is 6.79. The minimum Gasteiger partial charge on any atom is -0.379 e. The Labute approximate surface area is 152 Å². The maximum absolute atomic E-state index is 5.98. The van der Waals surface area contributed by atoms with Gasteiger partial charge < -0.3 is 5.73 Å². The fourth-order valence-electron chi connectivity index (χ4n) is 4.06. The summed E-state index contributed by atoms with van der Waals surface area (Å²) in [5.74, 6) is 1.76. The van der Waals surface area contributed by atoms with Gasteiger partial charge in [-0.2, -0.15) is 0 Å². The molecule has 0 aliphatic heterocycles. The van der Waals surface area contributed by atoms with Crippen LogP contribution in [-0.4, -0.2) is 17.5 Å². The highest BCUT2D eigenvalue weighted by atomic mass is 32.2. The van der Waals surface area contributed by atoms with Gasteiger partial charge >= 0.3 is 0 Å². The lowest BCUT2D eigenvalue weighted by Crippen LogP contribution is -2.22. The zero-order chi connectivity index (χ0) is 17.9. The summed E-state index contributed by atoms with van der Waals surface area (Å²) in [5, 5.41) is 0.734. The Morgan fingerprint density at radius 1 is 1.12 bits per heavy atom. The molecule has 1 aromatic rings. The number of aryl methyl sites for hydroxylation is 1. The van der Waals surface area contributed by atoms with Crippen LogP contribution in [0.1, 0.15) is 93.4 Å². The van der Waals surface area contributed by atoms with E-state index in [0.717, 1.165) is 11.6 Å². The molecule has 1 aliphatic rings. The lowest BCUT2D eigenvalue weighted by atomic mass is 9.74. The van der Waals surface area contributed by atoms with Gasteiger partial charge in [0, 0.05) is 0 Å². The maximum Gasteiger partial charge on any atom is 0.153 e. The summed E-state index contributed by atoms with van der Waals surface area (Å²) in [6.07, 6.45) is 6.87. The molecular formula is C21H34N2S. The molecule has 3 heteroatoms. The second-order valence-corrected chi connectivity index (χ2v) is 8.68. The van der Waals surface area contributed by atoms with Crippen molar-refractivity contribution in [2.45, 2.75) is 84.1 Å². The van der Waals surface area contributed by atoms with Crippen LogP contribution in [0.3, 0.4) is 0 Å². The molecule has 2 unspecified atom stereocenters. The van der Waals surface area contributed by atoms with E-state index in [1.54, 1.807) is 28.5 Å². The van der Waals surface area contributed by atoms with E-state index in [1.807, 2.05) is 6.26 Å². The first-order valence-electron chi connectivity index (χ1n) is 9.35. The van der Waals surface area contributed by atoms with Crippen LogP contribution in [-0.2, 0) is 0 Å². The topological polar surface area (TPSA) is 38.4 Å². The van der Waals surface area contributed by atoms with Crippen LogP contribution in [0.15, 0.2) is 17.1 Å². The van der Waals surface area contributed by atoms with E-state index < -0.39 is 0 Å². The van der Waals surface area contributed by atoms with Crippen LogP contribution in [0.25, 0.3) is 0 Å². The van der Waals surface area contributed by atoms with E-state index in [1.165, 1.54) is 24.8 Å². The number of rotatable bonds is 4. The maximum atomic E-state index is 5.98. The van der Waals surface area contributed by atoms with Gasteiger partial charge in [0.1, 0.15) is 0 Å². The van der Waals surface area contributed by atoms with Gasteiger partial charge in [-0.05, 0) is 66.9 Å². The summed E-state index contributed by atoms with van der Waals surface area (Å²) < 4.78 is 0. The monoisotopic (exact) mass is 346 g/mol. The van der Waals surface area contributed by atoms with E-state index in [2.05, 4.69) is 46.8 Å². The van der Waals surface area contributed by atoms with E-state index in [9.17, 15) is 0 Å². The van der Waals surface area contributed by atoms with Gasteiger partial charge in [0.2, 0.25) is 0 Å². The minimum absolute atomic E-state index is 0.387. The van der Waals surface area contributed by atoms with E-state index >= 15 is 0 Å². The summed E-state index contributed by atoms with van der Waals surface area (Å²) in [6.45, 7) is 11.5. The molecule has 2 N–H and O–H groups in total. The fourth-order valence-corrected chi connectivity index (χ4v) is 4.31. The van der Waals surface area contributed by atoms with E-state index in [4.69, 9.17) is 10.7 Å². The molecule has 0 heterocycles. The zero-order valence-electron chi connectivity index (χ0n) is 16.2. The van der Waals surface area contributed by atoms with Crippen LogP contribution in [0.2, 0.25) is 0 Å². The first-order valence-corrected chi connectivity index (χ1v) is 10.6. The predicted octanol–water partition coefficient (Wildman–Crippen LogP) is 5.95. The van der Waals surface area contributed by atoms with Crippen molar-refractivity contribution < 1.29 is 0 Å². The molecule has 1 aromatic carbocycles. The van der Waals surface area contributed by atoms with Crippen molar-refractivity contribution in [3.8, 4) is 0 Å². The zero-order valence-corrected chi connectivity index (χ0v) is 17.0. The molecule has 24 heavy (non-hydrogen) atoms. The summed E-state index contributed by atoms with van der Waals surface area (Å²) in [6, 6.07) is 5.21. The largest absolute Gasteiger partial charge is 0.379 e. The molecule has 0 aromatic heterocycles. The number of nitrogens with zero attached hydrogens (tertiary/aromatic N) is 1. The molecule has 0 bridgehead atoms. The van der Waals surface area contributed by atoms with Gasteiger partial charge in [-0.15, -0.1) is 0 Å².